The molecule has 0 unspecified atom stereocenters. The van der Waals surface area contributed by atoms with Crippen LogP contribution in [0.25, 0.3) is 0 Å². The van der Waals surface area contributed by atoms with Crippen molar-refractivity contribution in [1.29, 1.82) is 0 Å². The molecule has 0 saturated carbocycles. The first kappa shape index (κ1) is 21.5. The Balaban J connectivity index is 0.00000484. The molecule has 0 aliphatic carbocycles. The predicted octanol–water partition coefficient (Wildman–Crippen LogP) is 0.461. The molecule has 0 bridgehead atoms. The van der Waals surface area contributed by atoms with Crippen LogP contribution in [0.5, 0.6) is 0 Å². The number of hydrogen-bond acceptors (Lipinski definition) is 5. The Morgan fingerprint density at radius 3 is 2.35 bits per heavy atom. The molecule has 2 amide bonds. The molecule has 7 nitrogen and oxygen atoms in total. The Hall–Kier alpha value is -1.47. The normalized spacial score (nSPS) is 10.3. The standard InChI is InChI=1S/C14H20N2O5S.Zn/c1-22(19,20)10-9-15-13(17)7-8-16-14(18)21-11-12-5-3-2-4-6-12;/h2-6H,7-11H2,1H3,(H,15,17)(H,16,18);/q;+2. The van der Waals surface area contributed by atoms with Gasteiger partial charge in [-0.05, 0) is 5.56 Å². The Morgan fingerprint density at radius 1 is 1.09 bits per heavy atom. The molecule has 2 N–H and O–H groups in total. The van der Waals surface area contributed by atoms with Crippen LogP contribution in [0.15, 0.2) is 30.3 Å². The number of benzene rings is 1. The van der Waals surface area contributed by atoms with E-state index in [4.69, 9.17) is 4.74 Å². The minimum absolute atomic E-state index is 0. The Kier molecular flexibility index (Phi) is 10.4. The van der Waals surface area contributed by atoms with Gasteiger partial charge in [0.15, 0.2) is 0 Å². The third-order valence-electron chi connectivity index (χ3n) is 2.63. The van der Waals surface area contributed by atoms with Crippen molar-refractivity contribution in [1.82, 2.24) is 10.6 Å². The van der Waals surface area contributed by atoms with Gasteiger partial charge in [0, 0.05) is 25.8 Å². The van der Waals surface area contributed by atoms with Gasteiger partial charge in [0.2, 0.25) is 5.91 Å². The maximum absolute atomic E-state index is 11.4. The zero-order valence-electron chi connectivity index (χ0n) is 13.1. The van der Waals surface area contributed by atoms with Crippen LogP contribution in [0.3, 0.4) is 0 Å². The number of sulfone groups is 1. The smallest absolute Gasteiger partial charge is 0.445 e. The van der Waals surface area contributed by atoms with Crippen LogP contribution in [-0.2, 0) is 45.5 Å². The maximum Gasteiger partial charge on any atom is 2.00 e. The van der Waals surface area contributed by atoms with Crippen LogP contribution in [0.1, 0.15) is 12.0 Å². The van der Waals surface area contributed by atoms with E-state index in [0.29, 0.717) is 0 Å². The van der Waals surface area contributed by atoms with E-state index in [-0.39, 0.29) is 57.3 Å². The number of ether oxygens (including phenoxy) is 1. The molecule has 0 spiro atoms. The van der Waals surface area contributed by atoms with Crippen molar-refractivity contribution in [3.05, 3.63) is 35.9 Å². The van der Waals surface area contributed by atoms with Gasteiger partial charge in [-0.25, -0.2) is 13.2 Å². The van der Waals surface area contributed by atoms with Gasteiger partial charge in [-0.1, -0.05) is 30.3 Å². The number of alkyl carbamates (subject to hydrolysis) is 1. The molecule has 1 aromatic rings. The van der Waals surface area contributed by atoms with Crippen LogP contribution in [0, 0.1) is 0 Å². The summed E-state index contributed by atoms with van der Waals surface area (Å²) < 4.78 is 26.7. The summed E-state index contributed by atoms with van der Waals surface area (Å²) >= 11 is 0. The first-order chi connectivity index (χ1) is 10.4. The largest absolute Gasteiger partial charge is 2.00 e. The fourth-order valence-corrected chi connectivity index (χ4v) is 1.99. The first-order valence-electron chi connectivity index (χ1n) is 6.76. The number of nitrogens with one attached hydrogen (secondary N) is 2. The molecule has 0 radical (unpaired) electrons. The van der Waals surface area contributed by atoms with Gasteiger partial charge < -0.3 is 15.4 Å². The molecule has 0 aliphatic rings. The minimum Gasteiger partial charge on any atom is -0.445 e. The first-order valence-corrected chi connectivity index (χ1v) is 8.82. The third kappa shape index (κ3) is 11.7. The van der Waals surface area contributed by atoms with E-state index < -0.39 is 15.9 Å². The molecule has 1 rings (SSSR count). The molecule has 1 aromatic carbocycles. The molecule has 0 aliphatic heterocycles. The summed E-state index contributed by atoms with van der Waals surface area (Å²) in [5.41, 5.74) is 0.871. The molecule has 0 fully saturated rings. The van der Waals surface area contributed by atoms with Crippen LogP contribution >= 0.6 is 0 Å². The summed E-state index contributed by atoms with van der Waals surface area (Å²) in [5, 5.41) is 4.91. The third-order valence-corrected chi connectivity index (χ3v) is 3.57. The van der Waals surface area contributed by atoms with E-state index in [1.807, 2.05) is 30.3 Å². The molecule has 9 heteroatoms. The van der Waals surface area contributed by atoms with Crippen molar-refractivity contribution in [2.24, 2.45) is 0 Å². The Bertz CT molecular complexity index is 592. The Morgan fingerprint density at radius 2 is 1.74 bits per heavy atom. The minimum atomic E-state index is -3.09. The zero-order valence-corrected chi connectivity index (χ0v) is 16.9. The number of carbonyl (C=O) groups excluding carboxylic acids is 2. The SMILES string of the molecule is CS(=O)(=O)CCNC(=O)CCNC(=O)OCc1ccccc1.[Zn+2]. The summed E-state index contributed by atoms with van der Waals surface area (Å²) in [6.45, 7) is 0.349. The van der Waals surface area contributed by atoms with Gasteiger partial charge in [0.05, 0.1) is 5.75 Å². The quantitative estimate of drug-likeness (QED) is 0.625. The van der Waals surface area contributed by atoms with Gasteiger partial charge >= 0.3 is 25.6 Å². The van der Waals surface area contributed by atoms with Crippen molar-refractivity contribution in [2.75, 3.05) is 25.1 Å². The zero-order chi connectivity index (χ0) is 16.4. The predicted molar refractivity (Wildman–Crippen MR) is 82.0 cm³/mol. The van der Waals surface area contributed by atoms with Crippen molar-refractivity contribution in [3.63, 3.8) is 0 Å². The van der Waals surface area contributed by atoms with Crippen LogP contribution in [0.4, 0.5) is 4.79 Å². The van der Waals surface area contributed by atoms with Crippen molar-refractivity contribution in [3.8, 4) is 0 Å². The van der Waals surface area contributed by atoms with E-state index in [9.17, 15) is 18.0 Å². The molecule has 23 heavy (non-hydrogen) atoms. The second kappa shape index (κ2) is 11.1. The monoisotopic (exact) mass is 392 g/mol. The molecule has 0 aromatic heterocycles. The van der Waals surface area contributed by atoms with Crippen LogP contribution in [-0.4, -0.2) is 45.5 Å². The fraction of sp³-hybridized carbons (Fsp3) is 0.429. The van der Waals surface area contributed by atoms with Crippen molar-refractivity contribution >= 4 is 21.8 Å². The molecule has 0 atom stereocenters. The molecule has 0 heterocycles. The number of amides is 2. The number of rotatable bonds is 8. The second-order valence-corrected chi connectivity index (χ2v) is 6.98. The van der Waals surface area contributed by atoms with E-state index in [0.717, 1.165) is 11.8 Å². The van der Waals surface area contributed by atoms with Gasteiger partial charge in [-0.2, -0.15) is 0 Å². The fourth-order valence-electron chi connectivity index (χ4n) is 1.52. The summed E-state index contributed by atoms with van der Waals surface area (Å²) in [4.78, 5) is 22.8. The van der Waals surface area contributed by atoms with Gasteiger partial charge in [-0.3, -0.25) is 4.79 Å². The van der Waals surface area contributed by atoms with Crippen molar-refractivity contribution in [2.45, 2.75) is 13.0 Å². The molecule has 0 saturated heterocycles. The van der Waals surface area contributed by atoms with Gasteiger partial charge in [0.1, 0.15) is 16.4 Å². The van der Waals surface area contributed by atoms with E-state index in [1.165, 1.54) is 0 Å². The Labute approximate surface area is 148 Å². The van der Waals surface area contributed by atoms with E-state index in [1.54, 1.807) is 0 Å². The van der Waals surface area contributed by atoms with Crippen LogP contribution in [0.2, 0.25) is 0 Å². The maximum atomic E-state index is 11.4. The van der Waals surface area contributed by atoms with Crippen molar-refractivity contribution < 1.29 is 42.2 Å². The number of carbonyl (C=O) groups is 2. The second-order valence-electron chi connectivity index (χ2n) is 4.72. The van der Waals surface area contributed by atoms with E-state index >= 15 is 0 Å². The summed E-state index contributed by atoms with van der Waals surface area (Å²) in [5.74, 6) is -0.433. The topological polar surface area (TPSA) is 102 Å². The van der Waals surface area contributed by atoms with Gasteiger partial charge in [0.25, 0.3) is 0 Å². The average Bonchev–Trinajstić information content (AvgIpc) is 2.45. The summed E-state index contributed by atoms with van der Waals surface area (Å²) in [7, 11) is -3.09. The average molecular weight is 394 g/mol. The summed E-state index contributed by atoms with van der Waals surface area (Å²) in [6.07, 6.45) is 0.556. The molecular weight excluding hydrogens is 374 g/mol. The van der Waals surface area contributed by atoms with E-state index in [2.05, 4.69) is 10.6 Å². The molecule has 122 valence electrons. The summed E-state index contributed by atoms with van der Waals surface area (Å²) in [6, 6.07) is 9.23. The van der Waals surface area contributed by atoms with Gasteiger partial charge in [-0.15, -0.1) is 0 Å². The molecular formula is C14H20N2O5SZn+2. The number of hydrogen-bond donors (Lipinski definition) is 2. The van der Waals surface area contributed by atoms with Crippen LogP contribution < -0.4 is 10.6 Å².